The molecule has 8 N–H and O–H groups in total. The number of rotatable bonds is 6. The second-order valence-electron chi connectivity index (χ2n) is 10.3. The zero-order valence-corrected chi connectivity index (χ0v) is 24.4. The zero-order chi connectivity index (χ0) is 30.2. The molecule has 0 fully saturated rings. The fourth-order valence-electron chi connectivity index (χ4n) is 5.05. The smallest absolute Gasteiger partial charge is 0.382 e. The van der Waals surface area contributed by atoms with E-state index in [9.17, 15) is 20.4 Å². The van der Waals surface area contributed by atoms with E-state index in [1.807, 2.05) is 97.1 Å². The topological polar surface area (TPSA) is 196 Å². The van der Waals surface area contributed by atoms with Gasteiger partial charge in [0.05, 0.1) is 44.1 Å². The Kier molecular flexibility index (Phi) is 8.44. The molecule has 12 nitrogen and oxygen atoms in total. The number of aromatic nitrogens is 8. The summed E-state index contributed by atoms with van der Waals surface area (Å²) < 4.78 is 0. The molecule has 4 unspecified atom stereocenters. The molecule has 0 bridgehead atoms. The molecule has 0 saturated carbocycles. The van der Waals surface area contributed by atoms with Gasteiger partial charge in [-0.05, 0) is 48.5 Å². The van der Waals surface area contributed by atoms with Crippen LogP contribution in [-0.4, -0.2) is 60.3 Å². The number of aliphatic hydroxyl groups excluding tert-OH is 4. The maximum Gasteiger partial charge on any atom is 2.00 e. The van der Waals surface area contributed by atoms with E-state index in [-0.39, 0.29) is 16.5 Å². The van der Waals surface area contributed by atoms with Crippen LogP contribution in [0.25, 0.3) is 44.1 Å². The van der Waals surface area contributed by atoms with Crippen molar-refractivity contribution in [3.8, 4) is 0 Å². The zero-order valence-electron chi connectivity index (χ0n) is 23.4. The summed E-state index contributed by atoms with van der Waals surface area (Å²) in [5.74, 6) is 1.26. The van der Waals surface area contributed by atoms with Crippen molar-refractivity contribution >= 4 is 44.1 Å². The van der Waals surface area contributed by atoms with Gasteiger partial charge in [0.15, 0.2) is 0 Å². The van der Waals surface area contributed by atoms with Crippen LogP contribution in [0.15, 0.2) is 97.1 Å². The summed E-state index contributed by atoms with van der Waals surface area (Å²) in [7, 11) is 0. The second kappa shape index (κ2) is 12.6. The van der Waals surface area contributed by atoms with Crippen molar-refractivity contribution in [2.24, 2.45) is 0 Å². The number of nitrogens with one attached hydrogen (secondary N) is 4. The fraction of sp³-hybridized carbons (Fsp3) is 0.125. The number of imidazole rings is 4. The van der Waals surface area contributed by atoms with Crippen LogP contribution in [-0.2, 0) is 16.5 Å². The number of aliphatic hydroxyl groups is 4. The SMILES string of the molecule is OC(c1nc2ccccc2[nH]1)C(O)c1nc2ccccc2[nH]1.OC(c1nc2ccccc2[nH]1)C(O)c1nc2ccccc2[nH]1.[Ni+2]. The van der Waals surface area contributed by atoms with Gasteiger partial charge in [-0.15, -0.1) is 0 Å². The molecule has 0 radical (unpaired) electrons. The Morgan fingerprint density at radius 3 is 0.756 bits per heavy atom. The predicted molar refractivity (Wildman–Crippen MR) is 164 cm³/mol. The molecular weight excluding hydrogens is 619 g/mol. The molecule has 4 aromatic heterocycles. The quantitative estimate of drug-likeness (QED) is 0.122. The largest absolute Gasteiger partial charge is 2.00 e. The second-order valence-corrected chi connectivity index (χ2v) is 10.3. The monoisotopic (exact) mass is 646 g/mol. The average Bonchev–Trinajstić information content (AvgIpc) is 3.86. The molecule has 13 heteroatoms. The average molecular weight is 647 g/mol. The summed E-state index contributed by atoms with van der Waals surface area (Å²) in [4.78, 5) is 29.3. The van der Waals surface area contributed by atoms with Gasteiger partial charge in [-0.3, -0.25) is 0 Å². The van der Waals surface area contributed by atoms with Crippen LogP contribution in [0.4, 0.5) is 0 Å². The Morgan fingerprint density at radius 1 is 0.356 bits per heavy atom. The third kappa shape index (κ3) is 5.95. The Balaban J connectivity index is 0.000000155. The first kappa shape index (κ1) is 30.1. The van der Waals surface area contributed by atoms with Crippen LogP contribution in [0.1, 0.15) is 47.7 Å². The van der Waals surface area contributed by atoms with Crippen molar-refractivity contribution < 1.29 is 36.9 Å². The van der Waals surface area contributed by atoms with Crippen LogP contribution < -0.4 is 0 Å². The molecule has 0 aliphatic carbocycles. The molecule has 0 amide bonds. The van der Waals surface area contributed by atoms with E-state index < -0.39 is 24.4 Å². The fourth-order valence-corrected chi connectivity index (χ4v) is 5.05. The number of H-pyrrole nitrogens is 4. The first-order valence-electron chi connectivity index (χ1n) is 14.0. The minimum Gasteiger partial charge on any atom is -0.382 e. The van der Waals surface area contributed by atoms with Crippen LogP contribution in [0.5, 0.6) is 0 Å². The van der Waals surface area contributed by atoms with Crippen LogP contribution in [0.2, 0.25) is 0 Å². The van der Waals surface area contributed by atoms with E-state index in [1.54, 1.807) is 0 Å². The molecule has 4 atom stereocenters. The van der Waals surface area contributed by atoms with Crippen molar-refractivity contribution in [1.82, 2.24) is 39.9 Å². The number of nitrogens with zero attached hydrogens (tertiary/aromatic N) is 4. The molecule has 0 aliphatic heterocycles. The van der Waals surface area contributed by atoms with Gasteiger partial charge < -0.3 is 40.4 Å². The summed E-state index contributed by atoms with van der Waals surface area (Å²) >= 11 is 0. The predicted octanol–water partition coefficient (Wildman–Crippen LogP) is 4.41. The molecule has 8 aromatic rings. The third-order valence-corrected chi connectivity index (χ3v) is 7.35. The van der Waals surface area contributed by atoms with Crippen molar-refractivity contribution in [3.05, 3.63) is 120 Å². The number of para-hydroxylation sites is 8. The molecule has 0 aliphatic rings. The number of aromatic amines is 4. The maximum atomic E-state index is 10.4. The number of hydrogen-bond acceptors (Lipinski definition) is 8. The Morgan fingerprint density at radius 2 is 0.556 bits per heavy atom. The molecule has 0 spiro atoms. The molecule has 0 saturated heterocycles. The molecular formula is C32H28N8NiO4+2. The number of fused-ring (bicyclic) bond motifs is 4. The first-order valence-corrected chi connectivity index (χ1v) is 14.0. The van der Waals surface area contributed by atoms with Crippen molar-refractivity contribution in [1.29, 1.82) is 0 Å². The number of benzene rings is 4. The Bertz CT molecular complexity index is 1760. The summed E-state index contributed by atoms with van der Waals surface area (Å²) in [6.07, 6.45) is -4.75. The van der Waals surface area contributed by atoms with E-state index in [0.29, 0.717) is 23.3 Å². The summed E-state index contributed by atoms with van der Waals surface area (Å²) in [5.41, 5.74) is 6.23. The van der Waals surface area contributed by atoms with Gasteiger partial charge in [-0.1, -0.05) is 48.5 Å². The minimum atomic E-state index is -1.19. The van der Waals surface area contributed by atoms with Gasteiger partial charge in [-0.25, -0.2) is 19.9 Å². The maximum absolute atomic E-state index is 10.4. The normalized spacial score (nSPS) is 14.1. The molecule has 4 heterocycles. The van der Waals surface area contributed by atoms with Crippen molar-refractivity contribution in [3.63, 3.8) is 0 Å². The summed E-state index contributed by atoms with van der Waals surface area (Å²) in [6, 6.07) is 29.8. The van der Waals surface area contributed by atoms with Gasteiger partial charge in [0.2, 0.25) is 0 Å². The van der Waals surface area contributed by atoms with Gasteiger partial charge in [-0.2, -0.15) is 0 Å². The van der Waals surface area contributed by atoms with Crippen LogP contribution in [0.3, 0.4) is 0 Å². The van der Waals surface area contributed by atoms with E-state index in [0.717, 1.165) is 44.1 Å². The van der Waals surface area contributed by atoms with E-state index in [4.69, 9.17) is 0 Å². The Labute approximate surface area is 265 Å². The third-order valence-electron chi connectivity index (χ3n) is 7.35. The Hall–Kier alpha value is -4.91. The van der Waals surface area contributed by atoms with Gasteiger partial charge in [0.25, 0.3) is 0 Å². The van der Waals surface area contributed by atoms with Crippen molar-refractivity contribution in [2.45, 2.75) is 24.4 Å². The van der Waals surface area contributed by atoms with Gasteiger partial charge in [0, 0.05) is 0 Å². The standard InChI is InChI=1S/2C16H14N4O2.Ni/c2*21-13(15-17-9-5-1-2-6-10(9)18-15)14(22)16-19-11-7-3-4-8-12(11)20-16;/h2*1-8,13-14,21-22H,(H,17,18)(H,19,20);/q;;+2. The van der Waals surface area contributed by atoms with Crippen LogP contribution in [0, 0.1) is 0 Å². The molecule has 228 valence electrons. The molecule has 4 aromatic carbocycles. The molecule has 8 rings (SSSR count). The van der Waals surface area contributed by atoms with E-state index in [1.165, 1.54) is 0 Å². The number of hydrogen-bond donors (Lipinski definition) is 8. The summed E-state index contributed by atoms with van der Waals surface area (Å²) in [5, 5.41) is 41.5. The summed E-state index contributed by atoms with van der Waals surface area (Å²) in [6.45, 7) is 0. The van der Waals surface area contributed by atoms with Gasteiger partial charge >= 0.3 is 16.5 Å². The van der Waals surface area contributed by atoms with Crippen molar-refractivity contribution in [2.75, 3.05) is 0 Å². The molecule has 45 heavy (non-hydrogen) atoms. The van der Waals surface area contributed by atoms with E-state index >= 15 is 0 Å². The van der Waals surface area contributed by atoms with E-state index in [2.05, 4.69) is 39.9 Å². The minimum absolute atomic E-state index is 0. The van der Waals surface area contributed by atoms with Gasteiger partial charge in [0.1, 0.15) is 47.7 Å². The first-order chi connectivity index (χ1) is 21.4. The van der Waals surface area contributed by atoms with Crippen LogP contribution >= 0.6 is 0 Å².